The van der Waals surface area contributed by atoms with E-state index in [1.165, 1.54) is 4.88 Å². The normalized spacial score (nSPS) is 10.8. The van der Waals surface area contributed by atoms with Crippen LogP contribution in [0.3, 0.4) is 0 Å². The first kappa shape index (κ1) is 16.6. The van der Waals surface area contributed by atoms with Crippen LogP contribution in [0.1, 0.15) is 24.6 Å². The molecule has 2 N–H and O–H groups in total. The first-order valence-electron chi connectivity index (χ1n) is 7.47. The van der Waals surface area contributed by atoms with Crippen LogP contribution in [0.2, 0.25) is 0 Å². The summed E-state index contributed by atoms with van der Waals surface area (Å²) in [6, 6.07) is 2.12. The van der Waals surface area contributed by atoms with Crippen molar-refractivity contribution in [1.29, 1.82) is 0 Å². The van der Waals surface area contributed by atoms with Gasteiger partial charge >= 0.3 is 0 Å². The summed E-state index contributed by atoms with van der Waals surface area (Å²) in [4.78, 5) is 22.5. The Hall–Kier alpha value is -1.73. The second-order valence-corrected chi connectivity index (χ2v) is 6.00. The van der Waals surface area contributed by atoms with Crippen molar-refractivity contribution in [2.75, 3.05) is 32.1 Å². The minimum absolute atomic E-state index is 0.0356. The van der Waals surface area contributed by atoms with Crippen LogP contribution < -0.4 is 10.6 Å². The first-order valence-corrected chi connectivity index (χ1v) is 8.29. The van der Waals surface area contributed by atoms with Crippen LogP contribution >= 0.6 is 11.3 Å². The largest absolute Gasteiger partial charge is 0.385 e. The van der Waals surface area contributed by atoms with Gasteiger partial charge in [0.05, 0.1) is 5.39 Å². The molecule has 0 unspecified atom stereocenters. The molecule has 0 spiro atoms. The van der Waals surface area contributed by atoms with Gasteiger partial charge in [-0.1, -0.05) is 6.92 Å². The average Bonchev–Trinajstić information content (AvgIpc) is 2.96. The Bertz CT molecular complexity index is 615. The van der Waals surface area contributed by atoms with Crippen LogP contribution in [-0.2, 0) is 16.0 Å². The molecule has 0 aliphatic carbocycles. The first-order chi connectivity index (χ1) is 10.7. The van der Waals surface area contributed by atoms with Gasteiger partial charge in [0.25, 0.3) is 0 Å². The van der Waals surface area contributed by atoms with Crippen molar-refractivity contribution in [2.24, 2.45) is 0 Å². The van der Waals surface area contributed by atoms with E-state index < -0.39 is 0 Å². The van der Waals surface area contributed by atoms with E-state index in [1.54, 1.807) is 24.8 Å². The highest BCUT2D eigenvalue weighted by atomic mass is 32.1. The number of methoxy groups -OCH3 is 1. The molecule has 0 aromatic carbocycles. The Morgan fingerprint density at radius 2 is 2.23 bits per heavy atom. The lowest BCUT2D eigenvalue weighted by molar-refractivity contribution is -0.120. The van der Waals surface area contributed by atoms with E-state index in [0.29, 0.717) is 26.1 Å². The summed E-state index contributed by atoms with van der Waals surface area (Å²) in [5.41, 5.74) is 0. The van der Waals surface area contributed by atoms with Gasteiger partial charge < -0.3 is 15.4 Å². The van der Waals surface area contributed by atoms with Gasteiger partial charge in [-0.3, -0.25) is 4.79 Å². The molecule has 120 valence electrons. The minimum Gasteiger partial charge on any atom is -0.385 e. The van der Waals surface area contributed by atoms with Crippen LogP contribution in [0, 0.1) is 0 Å². The van der Waals surface area contributed by atoms with Crippen LogP contribution in [0.5, 0.6) is 0 Å². The van der Waals surface area contributed by atoms with Gasteiger partial charge in [-0.2, -0.15) is 0 Å². The van der Waals surface area contributed by atoms with Gasteiger partial charge in [0.2, 0.25) is 5.91 Å². The molecule has 0 saturated heterocycles. The van der Waals surface area contributed by atoms with E-state index in [4.69, 9.17) is 4.74 Å². The van der Waals surface area contributed by atoms with E-state index in [1.807, 2.05) is 0 Å². The topological polar surface area (TPSA) is 76.1 Å². The Labute approximate surface area is 134 Å². The van der Waals surface area contributed by atoms with E-state index in [0.717, 1.165) is 28.9 Å². The van der Waals surface area contributed by atoms with Crippen molar-refractivity contribution < 1.29 is 9.53 Å². The van der Waals surface area contributed by atoms with Crippen LogP contribution in [0.25, 0.3) is 10.2 Å². The highest BCUT2D eigenvalue weighted by Gasteiger charge is 2.08. The highest BCUT2D eigenvalue weighted by Crippen LogP contribution is 2.28. The van der Waals surface area contributed by atoms with Crippen molar-refractivity contribution in [1.82, 2.24) is 15.3 Å². The van der Waals surface area contributed by atoms with Gasteiger partial charge in [0.1, 0.15) is 17.0 Å². The summed E-state index contributed by atoms with van der Waals surface area (Å²) >= 11 is 1.68. The second kappa shape index (κ2) is 8.65. The summed E-state index contributed by atoms with van der Waals surface area (Å²) in [7, 11) is 1.66. The zero-order chi connectivity index (χ0) is 15.8. The molecule has 2 aromatic heterocycles. The molecule has 1 amide bonds. The fraction of sp³-hybridized carbons (Fsp3) is 0.533. The number of nitrogens with one attached hydrogen (secondary N) is 2. The number of aryl methyl sites for hydroxylation is 1. The molecular weight excluding hydrogens is 300 g/mol. The number of carbonyl (C=O) groups is 1. The average molecular weight is 322 g/mol. The number of anilines is 1. The number of ether oxygens (including phenoxy) is 1. The van der Waals surface area contributed by atoms with E-state index >= 15 is 0 Å². The quantitative estimate of drug-likeness (QED) is 0.692. The Morgan fingerprint density at radius 1 is 1.36 bits per heavy atom. The third-order valence-electron chi connectivity index (χ3n) is 3.22. The lowest BCUT2D eigenvalue weighted by atomic mass is 10.3. The smallest absolute Gasteiger partial charge is 0.221 e. The van der Waals surface area contributed by atoms with Gasteiger partial charge in [0.15, 0.2) is 0 Å². The summed E-state index contributed by atoms with van der Waals surface area (Å²) < 4.78 is 4.94. The molecule has 0 atom stereocenters. The standard InChI is InChI=1S/C15H22N4O2S/c1-3-11-9-12-14(18-10-19-15(12)22-11)17-7-5-13(20)16-6-4-8-21-2/h9-10H,3-8H2,1-2H3,(H,16,20)(H,17,18,19). The molecule has 2 rings (SSSR count). The third-order valence-corrected chi connectivity index (χ3v) is 4.41. The number of hydrogen-bond acceptors (Lipinski definition) is 6. The number of hydrogen-bond donors (Lipinski definition) is 2. The zero-order valence-electron chi connectivity index (χ0n) is 13.0. The van der Waals surface area contributed by atoms with Gasteiger partial charge in [0, 0.05) is 38.1 Å². The number of amides is 1. The maximum Gasteiger partial charge on any atom is 0.221 e. The molecule has 0 fully saturated rings. The second-order valence-electron chi connectivity index (χ2n) is 4.88. The third kappa shape index (κ3) is 4.64. The Balaban J connectivity index is 1.82. The number of carbonyl (C=O) groups excluding carboxylic acids is 1. The molecule has 0 bridgehead atoms. The van der Waals surface area contributed by atoms with Crippen LogP contribution in [0.4, 0.5) is 5.82 Å². The number of aromatic nitrogens is 2. The van der Waals surface area contributed by atoms with Gasteiger partial charge in [-0.25, -0.2) is 9.97 Å². The van der Waals surface area contributed by atoms with Crippen molar-refractivity contribution in [3.05, 3.63) is 17.3 Å². The van der Waals surface area contributed by atoms with E-state index in [9.17, 15) is 4.79 Å². The number of rotatable bonds is 9. The fourth-order valence-electron chi connectivity index (χ4n) is 2.05. The molecule has 0 aliphatic rings. The summed E-state index contributed by atoms with van der Waals surface area (Å²) in [5, 5.41) is 7.12. The summed E-state index contributed by atoms with van der Waals surface area (Å²) in [5.74, 6) is 0.835. The van der Waals surface area contributed by atoms with E-state index in [2.05, 4.69) is 33.6 Å². The molecule has 0 saturated carbocycles. The van der Waals surface area contributed by atoms with Crippen molar-refractivity contribution in [3.8, 4) is 0 Å². The van der Waals surface area contributed by atoms with Crippen LogP contribution in [0.15, 0.2) is 12.4 Å². The minimum atomic E-state index is 0.0356. The predicted octanol–water partition coefficient (Wildman–Crippen LogP) is 2.21. The number of nitrogens with zero attached hydrogens (tertiary/aromatic N) is 2. The van der Waals surface area contributed by atoms with E-state index in [-0.39, 0.29) is 5.91 Å². The SMILES string of the molecule is CCc1cc2c(NCCC(=O)NCCCOC)ncnc2s1. The number of thiophene rings is 1. The highest BCUT2D eigenvalue weighted by molar-refractivity contribution is 7.18. The fourth-order valence-corrected chi connectivity index (χ4v) is 2.98. The molecular formula is C15H22N4O2S. The zero-order valence-corrected chi connectivity index (χ0v) is 13.8. The Kier molecular flexibility index (Phi) is 6.54. The van der Waals surface area contributed by atoms with Gasteiger partial charge in [-0.15, -0.1) is 11.3 Å². The molecule has 0 aliphatic heterocycles. The lowest BCUT2D eigenvalue weighted by Gasteiger charge is -2.07. The van der Waals surface area contributed by atoms with Crippen molar-refractivity contribution in [2.45, 2.75) is 26.2 Å². The predicted molar refractivity (Wildman–Crippen MR) is 89.4 cm³/mol. The molecule has 2 heterocycles. The number of fused-ring (bicyclic) bond motifs is 1. The molecule has 2 aromatic rings. The monoisotopic (exact) mass is 322 g/mol. The summed E-state index contributed by atoms with van der Waals surface area (Å²) in [6.07, 6.45) is 3.80. The lowest BCUT2D eigenvalue weighted by Crippen LogP contribution is -2.27. The van der Waals surface area contributed by atoms with Crippen molar-refractivity contribution >= 4 is 33.3 Å². The van der Waals surface area contributed by atoms with Crippen molar-refractivity contribution in [3.63, 3.8) is 0 Å². The summed E-state index contributed by atoms with van der Waals surface area (Å²) in [6.45, 7) is 3.99. The molecule has 0 radical (unpaired) electrons. The molecule has 7 heteroatoms. The molecule has 6 nitrogen and oxygen atoms in total. The molecule has 22 heavy (non-hydrogen) atoms. The maximum atomic E-state index is 11.7. The maximum absolute atomic E-state index is 11.7. The van der Waals surface area contributed by atoms with Gasteiger partial charge in [-0.05, 0) is 18.9 Å². The van der Waals surface area contributed by atoms with Crippen LogP contribution in [-0.4, -0.2) is 42.7 Å². The Morgan fingerprint density at radius 3 is 3.00 bits per heavy atom.